The van der Waals surface area contributed by atoms with E-state index in [1.165, 1.54) is 13.2 Å². The number of rotatable bonds is 8. The van der Waals surface area contributed by atoms with Gasteiger partial charge in [0.15, 0.2) is 6.10 Å². The summed E-state index contributed by atoms with van der Waals surface area (Å²) in [5.74, 6) is -2.07. The molecule has 0 bridgehead atoms. The van der Waals surface area contributed by atoms with Crippen molar-refractivity contribution in [2.75, 3.05) is 13.7 Å². The van der Waals surface area contributed by atoms with Crippen molar-refractivity contribution in [3.63, 3.8) is 0 Å². The Morgan fingerprint density at radius 3 is 2.43 bits per heavy atom. The van der Waals surface area contributed by atoms with Crippen LogP contribution in [0.5, 0.6) is 5.75 Å². The van der Waals surface area contributed by atoms with E-state index in [9.17, 15) is 19.2 Å². The first-order chi connectivity index (χ1) is 23.1. The number of nitrogens with one attached hydrogen (secondary N) is 2. The van der Waals surface area contributed by atoms with Crippen LogP contribution in [-0.2, 0) is 39.8 Å². The molecule has 266 valence electrons. The normalized spacial score (nSPS) is 26.2. The van der Waals surface area contributed by atoms with Crippen molar-refractivity contribution < 1.29 is 38.1 Å². The molecule has 2 aromatic carbocycles. The third kappa shape index (κ3) is 10.1. The van der Waals surface area contributed by atoms with Crippen molar-refractivity contribution in [2.24, 2.45) is 17.3 Å². The van der Waals surface area contributed by atoms with Gasteiger partial charge in [-0.05, 0) is 74.9 Å². The first-order valence-electron chi connectivity index (χ1n) is 16.8. The fraction of sp³-hybridized carbons (Fsp3) is 0.526. The Kier molecular flexibility index (Phi) is 12.5. The Balaban J connectivity index is 1.62. The van der Waals surface area contributed by atoms with Crippen LogP contribution in [0.25, 0.3) is 0 Å². The van der Waals surface area contributed by atoms with E-state index in [4.69, 9.17) is 30.5 Å². The van der Waals surface area contributed by atoms with Gasteiger partial charge in [-0.15, -0.1) is 0 Å². The molecule has 11 heteroatoms. The lowest BCUT2D eigenvalue weighted by Crippen LogP contribution is -2.51. The molecule has 6 atom stereocenters. The van der Waals surface area contributed by atoms with E-state index in [0.29, 0.717) is 16.3 Å². The molecule has 4 rings (SSSR count). The Labute approximate surface area is 294 Å². The number of hydrogen-bond acceptors (Lipinski definition) is 8. The zero-order valence-electron chi connectivity index (χ0n) is 29.6. The number of benzene rings is 2. The Bertz CT molecular complexity index is 1570. The highest BCUT2D eigenvalue weighted by Gasteiger charge is 2.48. The van der Waals surface area contributed by atoms with E-state index < -0.39 is 47.4 Å². The first-order valence-corrected chi connectivity index (χ1v) is 17.2. The first kappa shape index (κ1) is 37.9. The van der Waals surface area contributed by atoms with Gasteiger partial charge in [-0.25, -0.2) is 4.79 Å². The van der Waals surface area contributed by atoms with Crippen molar-refractivity contribution in [2.45, 2.75) is 98.2 Å². The number of amides is 2. The molecule has 0 saturated carbocycles. The fourth-order valence-electron chi connectivity index (χ4n) is 5.87. The number of cyclic esters (lactones) is 2. The number of carbonyl (C=O) groups excluding carboxylic acids is 4. The van der Waals surface area contributed by atoms with Crippen LogP contribution < -0.4 is 15.4 Å². The zero-order valence-corrected chi connectivity index (χ0v) is 30.4. The predicted octanol–water partition coefficient (Wildman–Crippen LogP) is 5.74. The maximum Gasteiger partial charge on any atom is 0.347 e. The van der Waals surface area contributed by atoms with Crippen molar-refractivity contribution in [3.05, 3.63) is 75.8 Å². The number of carbonyl (C=O) groups is 4. The van der Waals surface area contributed by atoms with Crippen LogP contribution in [0.2, 0.25) is 5.02 Å². The maximum atomic E-state index is 13.7. The summed E-state index contributed by atoms with van der Waals surface area (Å²) in [6.45, 7) is 13.0. The summed E-state index contributed by atoms with van der Waals surface area (Å²) < 4.78 is 23.3. The van der Waals surface area contributed by atoms with Crippen molar-refractivity contribution in [1.29, 1.82) is 0 Å². The summed E-state index contributed by atoms with van der Waals surface area (Å²) in [5.41, 5.74) is 2.81. The summed E-state index contributed by atoms with van der Waals surface area (Å²) in [4.78, 5) is 53.8. The lowest BCUT2D eigenvalue weighted by Gasteiger charge is -2.29. The summed E-state index contributed by atoms with van der Waals surface area (Å²) in [6.07, 6.45) is 1.32. The molecule has 2 aliphatic rings. The molecule has 0 aromatic heterocycles. The van der Waals surface area contributed by atoms with Crippen LogP contribution in [0, 0.1) is 31.1 Å². The molecule has 2 amide bonds. The van der Waals surface area contributed by atoms with E-state index >= 15 is 0 Å². The highest BCUT2D eigenvalue weighted by Crippen LogP contribution is 2.46. The van der Waals surface area contributed by atoms with Crippen LogP contribution >= 0.6 is 11.6 Å². The molecular weight excluding hydrogens is 648 g/mol. The molecule has 2 aliphatic heterocycles. The fourth-order valence-corrected chi connectivity index (χ4v) is 6.15. The van der Waals surface area contributed by atoms with E-state index in [-0.39, 0.29) is 49.9 Å². The minimum Gasteiger partial charge on any atom is -0.495 e. The highest BCUT2D eigenvalue weighted by molar-refractivity contribution is 6.32. The second-order valence-corrected chi connectivity index (χ2v) is 14.6. The van der Waals surface area contributed by atoms with E-state index in [1.807, 2.05) is 34.6 Å². The number of halogens is 1. The maximum absolute atomic E-state index is 13.7. The molecular formula is C38H49ClN2O8. The molecule has 0 radical (unpaired) electrons. The van der Waals surface area contributed by atoms with Crippen LogP contribution in [-0.4, -0.2) is 61.8 Å². The summed E-state index contributed by atoms with van der Waals surface area (Å²) >= 11 is 6.33. The number of aryl methyl sites for hydroxylation is 2. The quantitative estimate of drug-likeness (QED) is 0.264. The SMILES string of the molecule is COc1ccc(C[C@H]2NC(=O)/C=C/C[C@@H]([C@H](C)[C@H]3O[C@H]3c3cc(C)ccc3C)OC(=O)[C@H](CC(C)C)OC(=O)C(C)(C)CNC2=O)cc1Cl. The van der Waals surface area contributed by atoms with Crippen molar-refractivity contribution in [3.8, 4) is 5.75 Å². The van der Waals surface area contributed by atoms with Crippen LogP contribution in [0.15, 0.2) is 48.6 Å². The van der Waals surface area contributed by atoms with Gasteiger partial charge < -0.3 is 29.6 Å². The van der Waals surface area contributed by atoms with Gasteiger partial charge in [0.1, 0.15) is 24.0 Å². The van der Waals surface area contributed by atoms with E-state index in [0.717, 1.165) is 16.7 Å². The minimum atomic E-state index is -1.20. The second-order valence-electron chi connectivity index (χ2n) is 14.2. The topological polar surface area (TPSA) is 133 Å². The molecule has 0 unspecified atom stereocenters. The Morgan fingerprint density at radius 2 is 1.76 bits per heavy atom. The molecule has 2 N–H and O–H groups in total. The van der Waals surface area contributed by atoms with Crippen LogP contribution in [0.1, 0.15) is 75.8 Å². The molecule has 2 aromatic rings. The zero-order chi connectivity index (χ0) is 36.0. The number of ether oxygens (including phenoxy) is 4. The number of epoxide rings is 1. The van der Waals surface area contributed by atoms with Crippen molar-refractivity contribution in [1.82, 2.24) is 10.6 Å². The largest absolute Gasteiger partial charge is 0.495 e. The standard InChI is InChI=1S/C38H49ClN2O8/c1-21(2)16-31-36(44)47-29(24(5)33-34(49-33)26-17-22(3)12-13-23(26)4)10-9-11-32(42)41-28(19-25-14-15-30(46-8)27(39)18-25)35(43)40-20-38(6,7)37(45)48-31/h9,11-15,17-18,21,24,28-29,31,33-34H,10,16,19-20H2,1-8H3,(H,40,43)(H,41,42)/b11-9+/t24-,28+,29-,31-,33+,34-/m0/s1. The molecule has 49 heavy (non-hydrogen) atoms. The van der Waals surface area contributed by atoms with Gasteiger partial charge >= 0.3 is 11.9 Å². The van der Waals surface area contributed by atoms with E-state index in [2.05, 4.69) is 28.8 Å². The molecule has 1 saturated heterocycles. The average molecular weight is 697 g/mol. The lowest BCUT2D eigenvalue weighted by atomic mass is 9.91. The summed E-state index contributed by atoms with van der Waals surface area (Å²) in [6, 6.07) is 10.4. The molecule has 2 heterocycles. The predicted molar refractivity (Wildman–Crippen MR) is 186 cm³/mol. The molecule has 10 nitrogen and oxygen atoms in total. The number of methoxy groups -OCH3 is 1. The van der Waals surface area contributed by atoms with Gasteiger partial charge in [-0.3, -0.25) is 14.4 Å². The third-order valence-electron chi connectivity index (χ3n) is 9.02. The average Bonchev–Trinajstić information content (AvgIpc) is 3.83. The number of esters is 2. The minimum absolute atomic E-state index is 0.0193. The Morgan fingerprint density at radius 1 is 1.02 bits per heavy atom. The summed E-state index contributed by atoms with van der Waals surface area (Å²) in [7, 11) is 1.51. The van der Waals surface area contributed by atoms with Gasteiger partial charge in [-0.1, -0.05) is 68.3 Å². The molecule has 0 spiro atoms. The second kappa shape index (κ2) is 16.2. The van der Waals surface area contributed by atoms with Gasteiger partial charge in [-0.2, -0.15) is 0 Å². The van der Waals surface area contributed by atoms with Gasteiger partial charge in [0.05, 0.1) is 23.7 Å². The van der Waals surface area contributed by atoms with Gasteiger partial charge in [0, 0.05) is 25.3 Å². The van der Waals surface area contributed by atoms with E-state index in [1.54, 1.807) is 38.1 Å². The molecule has 1 fully saturated rings. The monoisotopic (exact) mass is 696 g/mol. The highest BCUT2D eigenvalue weighted by atomic mass is 35.5. The van der Waals surface area contributed by atoms with Gasteiger partial charge in [0.2, 0.25) is 11.8 Å². The molecule has 0 aliphatic carbocycles. The van der Waals surface area contributed by atoms with Gasteiger partial charge in [0.25, 0.3) is 0 Å². The van der Waals surface area contributed by atoms with Crippen LogP contribution in [0.3, 0.4) is 0 Å². The van der Waals surface area contributed by atoms with Crippen molar-refractivity contribution >= 4 is 35.4 Å². The third-order valence-corrected chi connectivity index (χ3v) is 9.32. The lowest BCUT2D eigenvalue weighted by molar-refractivity contribution is -0.179. The number of hydrogen-bond donors (Lipinski definition) is 2. The van der Waals surface area contributed by atoms with Crippen LogP contribution in [0.4, 0.5) is 0 Å². The Hall–Kier alpha value is -3.89. The smallest absolute Gasteiger partial charge is 0.347 e. The summed E-state index contributed by atoms with van der Waals surface area (Å²) in [5, 5.41) is 5.93.